The maximum absolute atomic E-state index is 5.92. The Labute approximate surface area is 115 Å². The highest BCUT2D eigenvalue weighted by atomic mass is 16.5. The van der Waals surface area contributed by atoms with Gasteiger partial charge in [-0.3, -0.25) is 0 Å². The number of methoxy groups -OCH3 is 1. The number of anilines is 1. The van der Waals surface area contributed by atoms with Crippen LogP contribution in [-0.4, -0.2) is 39.0 Å². The van der Waals surface area contributed by atoms with Crippen molar-refractivity contribution in [3.8, 4) is 5.75 Å². The van der Waals surface area contributed by atoms with Crippen molar-refractivity contribution in [1.82, 2.24) is 0 Å². The number of ether oxygens (including phenoxy) is 2. The fourth-order valence-corrected chi connectivity index (χ4v) is 2.19. The van der Waals surface area contributed by atoms with E-state index < -0.39 is 0 Å². The highest BCUT2D eigenvalue weighted by molar-refractivity contribution is 5.49. The minimum Gasteiger partial charge on any atom is -0.491 e. The number of hydrogen-bond acceptors (Lipinski definition) is 4. The van der Waals surface area contributed by atoms with Gasteiger partial charge in [0.15, 0.2) is 0 Å². The lowest BCUT2D eigenvalue weighted by molar-refractivity contribution is 0.0717. The topological polar surface area (TPSA) is 47.7 Å². The van der Waals surface area contributed by atoms with Gasteiger partial charge in [0.25, 0.3) is 0 Å². The van der Waals surface area contributed by atoms with Crippen molar-refractivity contribution >= 4 is 5.69 Å². The third-order valence-electron chi connectivity index (χ3n) is 3.63. The number of piperidine rings is 1. The van der Waals surface area contributed by atoms with E-state index in [4.69, 9.17) is 15.2 Å². The molecule has 1 saturated heterocycles. The minimum atomic E-state index is 0.114. The third-order valence-corrected chi connectivity index (χ3v) is 3.63. The van der Waals surface area contributed by atoms with Crippen LogP contribution in [-0.2, 0) is 4.74 Å². The van der Waals surface area contributed by atoms with Crippen LogP contribution in [0.15, 0.2) is 24.3 Å². The van der Waals surface area contributed by atoms with Crippen molar-refractivity contribution in [2.24, 2.45) is 5.73 Å². The average Bonchev–Trinajstić information content (AvgIpc) is 2.46. The molecule has 0 saturated carbocycles. The van der Waals surface area contributed by atoms with Crippen LogP contribution in [0, 0.1) is 0 Å². The molecule has 0 spiro atoms. The lowest BCUT2D eigenvalue weighted by Gasteiger charge is -2.32. The first-order valence-corrected chi connectivity index (χ1v) is 6.95. The summed E-state index contributed by atoms with van der Waals surface area (Å²) >= 11 is 0. The molecule has 1 atom stereocenters. The van der Waals surface area contributed by atoms with Crippen LogP contribution < -0.4 is 15.4 Å². The van der Waals surface area contributed by atoms with Crippen molar-refractivity contribution < 1.29 is 9.47 Å². The van der Waals surface area contributed by atoms with Gasteiger partial charge in [0, 0.05) is 31.9 Å². The van der Waals surface area contributed by atoms with E-state index >= 15 is 0 Å². The molecule has 1 fully saturated rings. The van der Waals surface area contributed by atoms with E-state index in [1.54, 1.807) is 7.11 Å². The standard InChI is InChI=1S/C15H24N2O2/c1-12(18-2)11-19-15-5-3-14(4-6-15)17-9-7-13(16)8-10-17/h3-6,12-13H,7-11,16H2,1-2H3. The highest BCUT2D eigenvalue weighted by Gasteiger charge is 2.16. The van der Waals surface area contributed by atoms with Crippen LogP contribution in [0.2, 0.25) is 0 Å². The molecule has 19 heavy (non-hydrogen) atoms. The summed E-state index contributed by atoms with van der Waals surface area (Å²) in [6.45, 7) is 4.66. The second-order valence-corrected chi connectivity index (χ2v) is 5.18. The van der Waals surface area contributed by atoms with Gasteiger partial charge >= 0.3 is 0 Å². The summed E-state index contributed by atoms with van der Waals surface area (Å²) in [5.74, 6) is 0.890. The van der Waals surface area contributed by atoms with Gasteiger partial charge in [-0.05, 0) is 44.0 Å². The Balaban J connectivity index is 1.87. The van der Waals surface area contributed by atoms with E-state index in [1.165, 1.54) is 5.69 Å². The third kappa shape index (κ3) is 4.11. The fourth-order valence-electron chi connectivity index (χ4n) is 2.19. The Morgan fingerprint density at radius 3 is 2.47 bits per heavy atom. The van der Waals surface area contributed by atoms with E-state index in [1.807, 2.05) is 19.1 Å². The average molecular weight is 264 g/mol. The van der Waals surface area contributed by atoms with Gasteiger partial charge < -0.3 is 20.1 Å². The lowest BCUT2D eigenvalue weighted by Crippen LogP contribution is -2.39. The molecule has 1 heterocycles. The Bertz CT molecular complexity index is 372. The molecule has 2 N–H and O–H groups in total. The van der Waals surface area contributed by atoms with Gasteiger partial charge in [0.1, 0.15) is 12.4 Å². The van der Waals surface area contributed by atoms with Gasteiger partial charge in [-0.15, -0.1) is 0 Å². The van der Waals surface area contributed by atoms with E-state index in [0.717, 1.165) is 31.7 Å². The summed E-state index contributed by atoms with van der Waals surface area (Å²) in [6, 6.07) is 8.64. The molecule has 4 heteroatoms. The molecule has 1 aromatic rings. The molecule has 0 aliphatic carbocycles. The first-order chi connectivity index (χ1) is 9.19. The molecule has 4 nitrogen and oxygen atoms in total. The Morgan fingerprint density at radius 2 is 1.89 bits per heavy atom. The first-order valence-electron chi connectivity index (χ1n) is 6.95. The predicted octanol–water partition coefficient (Wildman–Crippen LogP) is 2.03. The van der Waals surface area contributed by atoms with Crippen LogP contribution in [0.1, 0.15) is 19.8 Å². The first kappa shape index (κ1) is 14.2. The summed E-state index contributed by atoms with van der Waals surface area (Å²) in [7, 11) is 1.69. The van der Waals surface area contributed by atoms with Crippen LogP contribution in [0.3, 0.4) is 0 Å². The zero-order chi connectivity index (χ0) is 13.7. The zero-order valence-electron chi connectivity index (χ0n) is 11.8. The number of rotatable bonds is 5. The van der Waals surface area contributed by atoms with Crippen molar-refractivity contribution in [3.05, 3.63) is 24.3 Å². The summed E-state index contributed by atoms with van der Waals surface area (Å²) < 4.78 is 10.8. The molecule has 106 valence electrons. The SMILES string of the molecule is COC(C)COc1ccc(N2CCC(N)CC2)cc1. The molecule has 1 aromatic carbocycles. The normalized spacial score (nSPS) is 18.4. The monoisotopic (exact) mass is 264 g/mol. The van der Waals surface area contributed by atoms with Crippen molar-refractivity contribution in [1.29, 1.82) is 0 Å². The maximum atomic E-state index is 5.92. The Morgan fingerprint density at radius 1 is 1.26 bits per heavy atom. The van der Waals surface area contributed by atoms with Crippen LogP contribution >= 0.6 is 0 Å². The molecule has 1 aliphatic heterocycles. The molecule has 1 aliphatic rings. The van der Waals surface area contributed by atoms with E-state index in [2.05, 4.69) is 17.0 Å². The van der Waals surface area contributed by atoms with Crippen molar-refractivity contribution in [2.45, 2.75) is 31.9 Å². The second kappa shape index (κ2) is 6.78. The van der Waals surface area contributed by atoms with E-state index in [0.29, 0.717) is 12.6 Å². The molecular weight excluding hydrogens is 240 g/mol. The van der Waals surface area contributed by atoms with Crippen molar-refractivity contribution in [3.63, 3.8) is 0 Å². The summed E-state index contributed by atoms with van der Waals surface area (Å²) in [6.07, 6.45) is 2.26. The number of nitrogens with two attached hydrogens (primary N) is 1. The molecular formula is C15H24N2O2. The largest absolute Gasteiger partial charge is 0.491 e. The second-order valence-electron chi connectivity index (χ2n) is 5.18. The van der Waals surface area contributed by atoms with E-state index in [-0.39, 0.29) is 6.10 Å². The summed E-state index contributed by atoms with van der Waals surface area (Å²) in [5.41, 5.74) is 7.17. The fraction of sp³-hybridized carbons (Fsp3) is 0.600. The minimum absolute atomic E-state index is 0.114. The maximum Gasteiger partial charge on any atom is 0.119 e. The summed E-state index contributed by atoms with van der Waals surface area (Å²) in [5, 5.41) is 0. The van der Waals surface area contributed by atoms with Gasteiger partial charge in [-0.1, -0.05) is 0 Å². The number of benzene rings is 1. The number of hydrogen-bond donors (Lipinski definition) is 1. The van der Waals surface area contributed by atoms with E-state index in [9.17, 15) is 0 Å². The molecule has 2 rings (SSSR count). The van der Waals surface area contributed by atoms with Gasteiger partial charge in [0.2, 0.25) is 0 Å². The predicted molar refractivity (Wildman–Crippen MR) is 77.8 cm³/mol. The van der Waals surface area contributed by atoms with Gasteiger partial charge in [-0.2, -0.15) is 0 Å². The Hall–Kier alpha value is -1.26. The quantitative estimate of drug-likeness (QED) is 0.884. The van der Waals surface area contributed by atoms with Gasteiger partial charge in [0.05, 0.1) is 6.10 Å². The molecule has 0 bridgehead atoms. The van der Waals surface area contributed by atoms with Crippen LogP contribution in [0.25, 0.3) is 0 Å². The van der Waals surface area contributed by atoms with Gasteiger partial charge in [-0.25, -0.2) is 0 Å². The number of nitrogens with zero attached hydrogens (tertiary/aromatic N) is 1. The lowest BCUT2D eigenvalue weighted by atomic mass is 10.1. The van der Waals surface area contributed by atoms with Crippen LogP contribution in [0.4, 0.5) is 5.69 Å². The van der Waals surface area contributed by atoms with Crippen LogP contribution in [0.5, 0.6) is 5.75 Å². The van der Waals surface area contributed by atoms with Crippen molar-refractivity contribution in [2.75, 3.05) is 31.7 Å². The molecule has 0 amide bonds. The molecule has 0 radical (unpaired) electrons. The zero-order valence-corrected chi connectivity index (χ0v) is 11.8. The smallest absolute Gasteiger partial charge is 0.119 e. The highest BCUT2D eigenvalue weighted by Crippen LogP contribution is 2.22. The molecule has 0 aromatic heterocycles. The summed E-state index contributed by atoms with van der Waals surface area (Å²) in [4.78, 5) is 2.38. The Kier molecular flexibility index (Phi) is 5.05. The molecule has 1 unspecified atom stereocenters.